The summed E-state index contributed by atoms with van der Waals surface area (Å²) < 4.78 is 27.4. The summed E-state index contributed by atoms with van der Waals surface area (Å²) in [5.41, 5.74) is 6.25. The van der Waals surface area contributed by atoms with Crippen molar-refractivity contribution in [3.05, 3.63) is 39.1 Å². The normalized spacial score (nSPS) is 11.4. The molecule has 1 aromatic carbocycles. The van der Waals surface area contributed by atoms with Crippen LogP contribution in [0.3, 0.4) is 0 Å². The van der Waals surface area contributed by atoms with Crippen molar-refractivity contribution in [1.29, 1.82) is 0 Å². The number of benzene rings is 1. The first-order valence-electron chi connectivity index (χ1n) is 4.70. The summed E-state index contributed by atoms with van der Waals surface area (Å²) in [4.78, 5) is 0. The molecule has 0 fully saturated rings. The summed E-state index contributed by atoms with van der Waals surface area (Å²) in [7, 11) is -3.64. The van der Waals surface area contributed by atoms with Crippen LogP contribution in [0, 0.1) is 0 Å². The number of rotatable bonds is 3. The second-order valence-corrected chi connectivity index (χ2v) is 7.57. The van der Waals surface area contributed by atoms with E-state index in [1.54, 1.807) is 23.6 Å². The Morgan fingerprint density at radius 2 is 2.06 bits per heavy atom. The number of sulfonamides is 1. The fraction of sp³-hybridized carbons (Fsp3) is 0. The van der Waals surface area contributed by atoms with E-state index in [0.29, 0.717) is 16.4 Å². The molecular formula is C10H8BrClN2O2S2. The molecule has 0 aliphatic heterocycles. The van der Waals surface area contributed by atoms with Crippen LogP contribution in [0.5, 0.6) is 0 Å². The van der Waals surface area contributed by atoms with Crippen molar-refractivity contribution in [3.8, 4) is 0 Å². The molecule has 0 saturated carbocycles. The summed E-state index contributed by atoms with van der Waals surface area (Å²) in [5, 5.41) is 1.88. The Balaban J connectivity index is 2.33. The van der Waals surface area contributed by atoms with E-state index >= 15 is 0 Å². The van der Waals surface area contributed by atoms with Gasteiger partial charge in [-0.2, -0.15) is 0 Å². The number of thiophene rings is 1. The summed E-state index contributed by atoms with van der Waals surface area (Å²) in [6.45, 7) is 0. The predicted molar refractivity (Wildman–Crippen MR) is 78.7 cm³/mol. The minimum absolute atomic E-state index is 0.152. The van der Waals surface area contributed by atoms with Gasteiger partial charge in [0, 0.05) is 15.5 Å². The number of halogens is 2. The van der Waals surface area contributed by atoms with E-state index in [2.05, 4.69) is 20.7 Å². The molecule has 0 atom stereocenters. The highest BCUT2D eigenvalue weighted by Crippen LogP contribution is 2.29. The lowest BCUT2D eigenvalue weighted by Crippen LogP contribution is -2.11. The lowest BCUT2D eigenvalue weighted by Gasteiger charge is -2.08. The quantitative estimate of drug-likeness (QED) is 0.871. The van der Waals surface area contributed by atoms with Crippen molar-refractivity contribution in [3.63, 3.8) is 0 Å². The molecule has 1 heterocycles. The van der Waals surface area contributed by atoms with Crippen molar-refractivity contribution in [2.75, 3.05) is 10.5 Å². The predicted octanol–water partition coefficient (Wildman–Crippen LogP) is 3.55. The first-order chi connectivity index (χ1) is 8.38. The van der Waals surface area contributed by atoms with Gasteiger partial charge in [0.05, 0.1) is 10.7 Å². The average Bonchev–Trinajstić information content (AvgIpc) is 2.70. The summed E-state index contributed by atoms with van der Waals surface area (Å²) in [6, 6.07) is 6.30. The molecule has 8 heteroatoms. The summed E-state index contributed by atoms with van der Waals surface area (Å²) in [6.07, 6.45) is 0. The molecule has 0 aliphatic carbocycles. The fourth-order valence-electron chi connectivity index (χ4n) is 1.24. The Labute approximate surface area is 122 Å². The first-order valence-corrected chi connectivity index (χ1v) is 8.24. The van der Waals surface area contributed by atoms with Crippen molar-refractivity contribution >= 4 is 60.3 Å². The van der Waals surface area contributed by atoms with E-state index in [1.165, 1.54) is 6.07 Å². The first kappa shape index (κ1) is 13.7. The van der Waals surface area contributed by atoms with Crippen LogP contribution in [0.25, 0.3) is 0 Å². The highest BCUT2D eigenvalue weighted by atomic mass is 79.9. The molecule has 0 saturated heterocycles. The molecule has 18 heavy (non-hydrogen) atoms. The van der Waals surface area contributed by atoms with Crippen LogP contribution in [0.4, 0.5) is 11.4 Å². The van der Waals surface area contributed by atoms with Crippen LogP contribution >= 0.6 is 38.9 Å². The summed E-state index contributed by atoms with van der Waals surface area (Å²) in [5.74, 6) is 0. The van der Waals surface area contributed by atoms with Gasteiger partial charge in [-0.25, -0.2) is 8.42 Å². The standard InChI is InChI=1S/C10H8BrClN2O2S2/c11-6-1-2-9(8(12)3-6)14-18(15,16)10-4-7(13)5-17-10/h1-5,14H,13H2. The highest BCUT2D eigenvalue weighted by Gasteiger charge is 2.17. The third-order valence-electron chi connectivity index (χ3n) is 2.04. The van der Waals surface area contributed by atoms with E-state index in [9.17, 15) is 8.42 Å². The fourth-order valence-corrected chi connectivity index (χ4v) is 4.17. The Hall–Kier alpha value is -0.760. The lowest BCUT2D eigenvalue weighted by atomic mass is 10.3. The smallest absolute Gasteiger partial charge is 0.271 e. The van der Waals surface area contributed by atoms with Gasteiger partial charge in [-0.05, 0) is 24.3 Å². The van der Waals surface area contributed by atoms with Gasteiger partial charge in [0.2, 0.25) is 0 Å². The molecule has 2 aromatic rings. The molecule has 0 aliphatic rings. The van der Waals surface area contributed by atoms with E-state index < -0.39 is 10.0 Å². The largest absolute Gasteiger partial charge is 0.398 e. The van der Waals surface area contributed by atoms with Crippen LogP contribution < -0.4 is 10.5 Å². The van der Waals surface area contributed by atoms with Gasteiger partial charge < -0.3 is 5.73 Å². The number of nitrogen functional groups attached to an aromatic ring is 1. The van der Waals surface area contributed by atoms with Gasteiger partial charge in [0.25, 0.3) is 10.0 Å². The number of hydrogen-bond donors (Lipinski definition) is 2. The molecule has 3 N–H and O–H groups in total. The topological polar surface area (TPSA) is 72.2 Å². The van der Waals surface area contributed by atoms with E-state index in [1.807, 2.05) is 0 Å². The molecule has 4 nitrogen and oxygen atoms in total. The highest BCUT2D eigenvalue weighted by molar-refractivity contribution is 9.10. The molecule has 0 unspecified atom stereocenters. The third-order valence-corrected chi connectivity index (χ3v) is 5.67. The van der Waals surface area contributed by atoms with Crippen molar-refractivity contribution < 1.29 is 8.42 Å². The minimum atomic E-state index is -3.64. The second kappa shape index (κ2) is 5.08. The number of anilines is 2. The monoisotopic (exact) mass is 366 g/mol. The number of hydrogen-bond acceptors (Lipinski definition) is 4. The zero-order valence-corrected chi connectivity index (χ0v) is 12.8. The molecular weight excluding hydrogens is 360 g/mol. The molecule has 0 bridgehead atoms. The van der Waals surface area contributed by atoms with E-state index in [0.717, 1.165) is 15.8 Å². The minimum Gasteiger partial charge on any atom is -0.398 e. The molecule has 1 aromatic heterocycles. The van der Waals surface area contributed by atoms with Crippen molar-refractivity contribution in [2.45, 2.75) is 4.21 Å². The average molecular weight is 368 g/mol. The summed E-state index contributed by atoms with van der Waals surface area (Å²) >= 11 is 10.3. The van der Waals surface area contributed by atoms with Gasteiger partial charge >= 0.3 is 0 Å². The Bertz CT molecular complexity index is 685. The van der Waals surface area contributed by atoms with Gasteiger partial charge in [0.1, 0.15) is 4.21 Å². The Morgan fingerprint density at radius 1 is 1.33 bits per heavy atom. The molecule has 96 valence electrons. The van der Waals surface area contributed by atoms with Gasteiger partial charge in [-0.15, -0.1) is 11.3 Å². The maximum Gasteiger partial charge on any atom is 0.271 e. The van der Waals surface area contributed by atoms with Crippen LogP contribution in [0.1, 0.15) is 0 Å². The third kappa shape index (κ3) is 2.97. The zero-order valence-electron chi connectivity index (χ0n) is 8.85. The van der Waals surface area contributed by atoms with Gasteiger partial charge in [0.15, 0.2) is 0 Å². The SMILES string of the molecule is Nc1csc(S(=O)(=O)Nc2ccc(Br)cc2Cl)c1. The van der Waals surface area contributed by atoms with Crippen LogP contribution in [-0.2, 0) is 10.0 Å². The number of nitrogens with two attached hydrogens (primary N) is 1. The second-order valence-electron chi connectivity index (χ2n) is 3.43. The lowest BCUT2D eigenvalue weighted by molar-refractivity contribution is 0.603. The number of nitrogens with one attached hydrogen (secondary N) is 1. The van der Waals surface area contributed by atoms with Crippen molar-refractivity contribution in [2.24, 2.45) is 0 Å². The Kier molecular flexibility index (Phi) is 3.86. The van der Waals surface area contributed by atoms with E-state index in [4.69, 9.17) is 17.3 Å². The maximum absolute atomic E-state index is 12.0. The molecule has 0 spiro atoms. The van der Waals surface area contributed by atoms with Crippen LogP contribution in [0.15, 0.2) is 38.3 Å². The molecule has 0 amide bonds. The van der Waals surface area contributed by atoms with E-state index in [-0.39, 0.29) is 4.21 Å². The van der Waals surface area contributed by atoms with Gasteiger partial charge in [-0.3, -0.25) is 4.72 Å². The maximum atomic E-state index is 12.0. The van der Waals surface area contributed by atoms with Crippen molar-refractivity contribution in [1.82, 2.24) is 0 Å². The zero-order chi connectivity index (χ0) is 13.3. The molecule has 0 radical (unpaired) electrons. The van der Waals surface area contributed by atoms with Crippen LogP contribution in [0.2, 0.25) is 5.02 Å². The van der Waals surface area contributed by atoms with Crippen LogP contribution in [-0.4, -0.2) is 8.42 Å². The molecule has 2 rings (SSSR count). The Morgan fingerprint density at radius 3 is 2.61 bits per heavy atom. The van der Waals surface area contributed by atoms with Gasteiger partial charge in [-0.1, -0.05) is 27.5 Å².